The number of ether oxygens (including phenoxy) is 1. The Morgan fingerprint density at radius 1 is 0.902 bits per heavy atom. The largest absolute Gasteiger partial charge is 0.493 e. The van der Waals surface area contributed by atoms with Crippen LogP contribution in [-0.4, -0.2) is 38.5 Å². The van der Waals surface area contributed by atoms with Crippen LogP contribution >= 0.6 is 15.9 Å². The van der Waals surface area contributed by atoms with Crippen molar-refractivity contribution in [1.82, 2.24) is 4.90 Å². The fraction of sp³-hybridized carbons (Fsp3) is 0.438. The predicted octanol–water partition coefficient (Wildman–Crippen LogP) is 6.93. The summed E-state index contributed by atoms with van der Waals surface area (Å²) >= 11 is 3.52. The number of hydrogen-bond acceptors (Lipinski definition) is 7. The third-order valence-corrected chi connectivity index (χ3v) is 9.97. The quantitative estimate of drug-likeness (QED) is 0.316. The number of carbonyl (C=O) groups is 2. The summed E-state index contributed by atoms with van der Waals surface area (Å²) in [4.78, 5) is 30.0. The van der Waals surface area contributed by atoms with Gasteiger partial charge in [0.2, 0.25) is 0 Å². The molecule has 1 heterocycles. The lowest BCUT2D eigenvalue weighted by Gasteiger charge is -2.49. The predicted molar refractivity (Wildman–Crippen MR) is 160 cm³/mol. The van der Waals surface area contributed by atoms with Crippen molar-refractivity contribution in [1.29, 1.82) is 0 Å². The molecule has 5 rings (SSSR count). The van der Waals surface area contributed by atoms with Gasteiger partial charge in [-0.15, -0.1) is 0 Å². The van der Waals surface area contributed by atoms with Crippen molar-refractivity contribution in [3.8, 4) is 11.5 Å². The van der Waals surface area contributed by atoms with Gasteiger partial charge in [0, 0.05) is 47.8 Å². The van der Waals surface area contributed by atoms with Crippen LogP contribution in [0.15, 0.2) is 74.4 Å². The molecule has 0 amide bonds. The highest BCUT2D eigenvalue weighted by molar-refractivity contribution is 9.10. The van der Waals surface area contributed by atoms with E-state index in [4.69, 9.17) is 8.92 Å². The molecule has 0 N–H and O–H groups in total. The molecule has 0 spiro atoms. The molecule has 0 fully saturated rings. The van der Waals surface area contributed by atoms with E-state index >= 15 is 0 Å². The molecule has 41 heavy (non-hydrogen) atoms. The van der Waals surface area contributed by atoms with Crippen LogP contribution < -0.4 is 8.92 Å². The van der Waals surface area contributed by atoms with Crippen LogP contribution in [0.4, 0.5) is 0 Å². The van der Waals surface area contributed by atoms with E-state index < -0.39 is 16.0 Å². The van der Waals surface area contributed by atoms with Crippen molar-refractivity contribution < 1.29 is 26.9 Å². The number of halogens is 1. The third kappa shape index (κ3) is 5.39. The second-order valence-electron chi connectivity index (χ2n) is 12.7. The third-order valence-electron chi connectivity index (χ3n) is 8.15. The molecular formula is C32H36BrNO6S. The van der Waals surface area contributed by atoms with Crippen molar-refractivity contribution >= 4 is 37.6 Å². The van der Waals surface area contributed by atoms with Crippen molar-refractivity contribution in [2.75, 3.05) is 13.7 Å². The Balaban J connectivity index is 1.70. The molecule has 0 saturated carbocycles. The maximum Gasteiger partial charge on any atom is 0.339 e. The molecule has 1 aliphatic heterocycles. The fourth-order valence-corrected chi connectivity index (χ4v) is 8.12. The average molecular weight is 643 g/mol. The smallest absolute Gasteiger partial charge is 0.339 e. The maximum absolute atomic E-state index is 13.9. The summed E-state index contributed by atoms with van der Waals surface area (Å²) in [5.41, 5.74) is 3.52. The lowest BCUT2D eigenvalue weighted by molar-refractivity contribution is -0.119. The summed E-state index contributed by atoms with van der Waals surface area (Å²) in [5, 5.41) is 0. The highest BCUT2D eigenvalue weighted by Crippen LogP contribution is 2.55. The molecule has 218 valence electrons. The van der Waals surface area contributed by atoms with E-state index in [9.17, 15) is 18.0 Å². The Morgan fingerprint density at radius 2 is 1.44 bits per heavy atom. The monoisotopic (exact) mass is 641 g/mol. The van der Waals surface area contributed by atoms with Gasteiger partial charge in [0.05, 0.1) is 11.6 Å². The van der Waals surface area contributed by atoms with Crippen LogP contribution in [0.5, 0.6) is 11.5 Å². The fourth-order valence-electron chi connectivity index (χ4n) is 6.50. The standard InChI is InChI=1S/C32H36BrNO6S/c1-7-34-22-15-31(2,3)17-24(35)28(22)27(29-23(34)16-32(4,5)18-25(29)36)19-13-21(33)30(26(14-19)39-6)40-41(37,38)20-11-9-8-10-12-20/h8-14,27H,7,15-18H2,1-6H3. The molecular weight excluding hydrogens is 606 g/mol. The van der Waals surface area contributed by atoms with Crippen molar-refractivity contribution in [2.45, 2.75) is 71.1 Å². The van der Waals surface area contributed by atoms with Crippen molar-refractivity contribution in [3.63, 3.8) is 0 Å². The van der Waals surface area contributed by atoms with Crippen LogP contribution in [0.3, 0.4) is 0 Å². The number of carbonyl (C=O) groups excluding carboxylic acids is 2. The second-order valence-corrected chi connectivity index (χ2v) is 15.1. The Morgan fingerprint density at radius 3 is 1.93 bits per heavy atom. The van der Waals surface area contributed by atoms with E-state index in [1.165, 1.54) is 19.2 Å². The van der Waals surface area contributed by atoms with Crippen LogP contribution in [0, 0.1) is 10.8 Å². The number of benzene rings is 2. The van der Waals surface area contributed by atoms with Gasteiger partial charge in [-0.05, 0) is 76.4 Å². The second kappa shape index (κ2) is 10.4. The normalized spacial score (nSPS) is 20.6. The number of rotatable bonds is 6. The molecule has 0 aromatic heterocycles. The van der Waals surface area contributed by atoms with Crippen LogP contribution in [0.25, 0.3) is 0 Å². The number of hydrogen-bond donors (Lipinski definition) is 0. The van der Waals surface area contributed by atoms with Crippen LogP contribution in [-0.2, 0) is 19.7 Å². The molecule has 0 saturated heterocycles. The van der Waals surface area contributed by atoms with E-state index in [1.54, 1.807) is 30.3 Å². The molecule has 2 aromatic rings. The highest BCUT2D eigenvalue weighted by Gasteiger charge is 2.49. The molecule has 0 unspecified atom stereocenters. The van der Waals surface area contributed by atoms with Crippen molar-refractivity contribution in [3.05, 3.63) is 75.0 Å². The van der Waals surface area contributed by atoms with Crippen LogP contribution in [0.2, 0.25) is 0 Å². The SMILES string of the molecule is CCN1C2=C(C(=O)CC(C)(C)C2)C(c2cc(Br)c(OS(=O)(=O)c3ccccc3)c(OC)c2)C2=C1CC(C)(C)CC2=O. The van der Waals surface area contributed by atoms with Gasteiger partial charge in [-0.3, -0.25) is 9.59 Å². The number of ketones is 2. The molecule has 0 radical (unpaired) electrons. The summed E-state index contributed by atoms with van der Waals surface area (Å²) in [6.45, 7) is 11.2. The lowest BCUT2D eigenvalue weighted by Crippen LogP contribution is -2.44. The molecule has 3 aliphatic rings. The topological polar surface area (TPSA) is 90.0 Å². The number of methoxy groups -OCH3 is 1. The maximum atomic E-state index is 13.9. The Hall–Kier alpha value is -2.91. The van der Waals surface area contributed by atoms with Gasteiger partial charge in [-0.2, -0.15) is 8.42 Å². The molecule has 2 aliphatic carbocycles. The van der Waals surface area contributed by atoms with E-state index in [2.05, 4.69) is 55.4 Å². The molecule has 9 heteroatoms. The zero-order chi connectivity index (χ0) is 29.9. The first-order valence-corrected chi connectivity index (χ1v) is 16.0. The van der Waals surface area contributed by atoms with Crippen LogP contribution in [0.1, 0.15) is 71.8 Å². The molecule has 0 atom stereocenters. The minimum atomic E-state index is -4.14. The summed E-state index contributed by atoms with van der Waals surface area (Å²) in [6.07, 6.45) is 2.21. The number of nitrogens with zero attached hydrogens (tertiary/aromatic N) is 1. The zero-order valence-corrected chi connectivity index (χ0v) is 26.7. The van der Waals surface area contributed by atoms with Gasteiger partial charge >= 0.3 is 10.1 Å². The zero-order valence-electron chi connectivity index (χ0n) is 24.3. The first kappa shape index (κ1) is 29.6. The van der Waals surface area contributed by atoms with Crippen molar-refractivity contribution in [2.24, 2.45) is 10.8 Å². The Kier molecular flexibility index (Phi) is 7.52. The van der Waals surface area contributed by atoms with E-state index in [1.807, 2.05) is 0 Å². The first-order chi connectivity index (χ1) is 19.2. The van der Waals surface area contributed by atoms with Gasteiger partial charge in [0.15, 0.2) is 23.1 Å². The average Bonchev–Trinajstić information content (AvgIpc) is 2.87. The Bertz CT molecular complexity index is 1550. The van der Waals surface area contributed by atoms with Gasteiger partial charge in [0.1, 0.15) is 4.90 Å². The van der Waals surface area contributed by atoms with E-state index in [0.29, 0.717) is 40.6 Å². The minimum Gasteiger partial charge on any atom is -0.493 e. The highest BCUT2D eigenvalue weighted by atomic mass is 79.9. The van der Waals surface area contributed by atoms with Gasteiger partial charge in [-0.25, -0.2) is 0 Å². The van der Waals surface area contributed by atoms with E-state index in [0.717, 1.165) is 24.2 Å². The molecule has 2 aromatic carbocycles. The summed E-state index contributed by atoms with van der Waals surface area (Å²) < 4.78 is 37.7. The Labute approximate surface area is 250 Å². The molecule has 7 nitrogen and oxygen atoms in total. The first-order valence-electron chi connectivity index (χ1n) is 13.8. The number of allylic oxidation sites excluding steroid dienone is 4. The van der Waals surface area contributed by atoms with E-state index in [-0.39, 0.29) is 38.8 Å². The summed E-state index contributed by atoms with van der Waals surface area (Å²) in [5.74, 6) is -0.332. The van der Waals surface area contributed by atoms with Gasteiger partial charge in [0.25, 0.3) is 0 Å². The summed E-state index contributed by atoms with van der Waals surface area (Å²) in [6, 6.07) is 11.3. The summed E-state index contributed by atoms with van der Waals surface area (Å²) in [7, 11) is -2.71. The van der Waals surface area contributed by atoms with Gasteiger partial charge in [-0.1, -0.05) is 45.9 Å². The lowest BCUT2D eigenvalue weighted by atomic mass is 9.63. The minimum absolute atomic E-state index is 0.00158. The molecule has 0 bridgehead atoms. The number of Topliss-reactive ketones (excluding diaryl/α,β-unsaturated/α-hetero) is 2. The van der Waals surface area contributed by atoms with Gasteiger partial charge < -0.3 is 13.8 Å².